The van der Waals surface area contributed by atoms with Crippen LogP contribution in [-0.4, -0.2) is 19.0 Å². The van der Waals surface area contributed by atoms with Gasteiger partial charge in [0.15, 0.2) is 6.23 Å². The minimum Gasteiger partial charge on any atom is -0.473 e. The molecule has 154 valence electrons. The van der Waals surface area contributed by atoms with Gasteiger partial charge in [-0.05, 0) is 47.5 Å². The van der Waals surface area contributed by atoms with Gasteiger partial charge in [0.1, 0.15) is 5.75 Å². The topological polar surface area (TPSA) is 46.6 Å². The highest BCUT2D eigenvalue weighted by atomic mass is 32.2. The van der Waals surface area contributed by atoms with Crippen LogP contribution >= 0.6 is 0 Å². The zero-order valence-electron chi connectivity index (χ0n) is 17.0. The fourth-order valence-electron chi connectivity index (χ4n) is 4.84. The van der Waals surface area contributed by atoms with Crippen LogP contribution in [0.5, 0.6) is 5.75 Å². The zero-order valence-corrected chi connectivity index (χ0v) is 17.8. The second kappa shape index (κ2) is 6.67. The van der Waals surface area contributed by atoms with E-state index in [1.807, 2.05) is 61.5 Å². The molecule has 0 aliphatic carbocycles. The molecule has 0 unspecified atom stereocenters. The number of sulfonamides is 1. The minimum atomic E-state index is -3.73. The highest BCUT2D eigenvalue weighted by Crippen LogP contribution is 2.59. The average molecular weight is 428 g/mol. The highest BCUT2D eigenvalue weighted by molar-refractivity contribution is 7.89. The van der Waals surface area contributed by atoms with Crippen molar-refractivity contribution in [3.63, 3.8) is 0 Å². The van der Waals surface area contributed by atoms with E-state index >= 15 is 0 Å². The standard InChI is InChI=1S/C26H21NO3S/c1-17-10-14-21(15-11-17)31(28,29)27-25(20-13-12-18-6-2-3-7-19(18)16-20)24-22-8-4-5-9-23(22)30-26(24)27/h2-16,24-26H,1H3/t24-,25+,26-/m0/s1. The number of fused-ring (bicyclic) bond motifs is 4. The predicted octanol–water partition coefficient (Wildman–Crippen LogP) is 5.40. The van der Waals surface area contributed by atoms with E-state index < -0.39 is 16.3 Å². The summed E-state index contributed by atoms with van der Waals surface area (Å²) in [5.41, 5.74) is 3.08. The van der Waals surface area contributed by atoms with Crippen LogP contribution in [0.4, 0.5) is 0 Å². The molecule has 5 heteroatoms. The normalized spacial score (nSPS) is 22.4. The van der Waals surface area contributed by atoms with Gasteiger partial charge in [0.05, 0.1) is 16.9 Å². The van der Waals surface area contributed by atoms with E-state index in [4.69, 9.17) is 4.74 Å². The summed E-state index contributed by atoms with van der Waals surface area (Å²) in [6.45, 7) is 1.95. The molecule has 0 saturated carbocycles. The van der Waals surface area contributed by atoms with E-state index in [1.165, 1.54) is 0 Å². The molecule has 4 aromatic rings. The van der Waals surface area contributed by atoms with Gasteiger partial charge in [0.2, 0.25) is 10.0 Å². The van der Waals surface area contributed by atoms with Gasteiger partial charge in [0, 0.05) is 5.56 Å². The molecule has 0 radical (unpaired) electrons. The lowest BCUT2D eigenvalue weighted by Crippen LogP contribution is -2.59. The molecule has 0 spiro atoms. The second-order valence-corrected chi connectivity index (χ2v) is 10.1. The van der Waals surface area contributed by atoms with Gasteiger partial charge >= 0.3 is 0 Å². The van der Waals surface area contributed by atoms with E-state index in [-0.39, 0.29) is 12.0 Å². The van der Waals surface area contributed by atoms with E-state index in [1.54, 1.807) is 16.4 Å². The van der Waals surface area contributed by atoms with Crippen molar-refractivity contribution < 1.29 is 13.2 Å². The molecule has 2 heterocycles. The van der Waals surface area contributed by atoms with Crippen LogP contribution < -0.4 is 4.74 Å². The first-order valence-corrected chi connectivity index (χ1v) is 11.8. The van der Waals surface area contributed by atoms with Gasteiger partial charge in [-0.2, -0.15) is 4.31 Å². The first-order chi connectivity index (χ1) is 15.0. The Morgan fingerprint density at radius 3 is 2.32 bits per heavy atom. The maximum atomic E-state index is 13.7. The lowest BCUT2D eigenvalue weighted by atomic mass is 9.80. The summed E-state index contributed by atoms with van der Waals surface area (Å²) in [5, 5.41) is 2.24. The van der Waals surface area contributed by atoms with Gasteiger partial charge in [-0.15, -0.1) is 0 Å². The molecule has 1 fully saturated rings. The summed E-state index contributed by atoms with van der Waals surface area (Å²) >= 11 is 0. The summed E-state index contributed by atoms with van der Waals surface area (Å²) in [6, 6.07) is 28.9. The average Bonchev–Trinajstić information content (AvgIpc) is 3.07. The van der Waals surface area contributed by atoms with Crippen molar-refractivity contribution in [3.8, 4) is 5.75 Å². The molecular weight excluding hydrogens is 406 g/mol. The molecule has 3 atom stereocenters. The minimum absolute atomic E-state index is 0.0300. The molecular formula is C26H21NO3S. The van der Waals surface area contributed by atoms with Gasteiger partial charge in [-0.25, -0.2) is 8.42 Å². The summed E-state index contributed by atoms with van der Waals surface area (Å²) < 4.78 is 35.1. The quantitative estimate of drug-likeness (QED) is 0.440. The molecule has 2 aliphatic heterocycles. The number of hydrogen-bond acceptors (Lipinski definition) is 3. The van der Waals surface area contributed by atoms with Crippen molar-refractivity contribution >= 4 is 20.8 Å². The van der Waals surface area contributed by atoms with Crippen molar-refractivity contribution in [1.29, 1.82) is 0 Å². The summed E-state index contributed by atoms with van der Waals surface area (Å²) in [6.07, 6.45) is -0.528. The number of para-hydroxylation sites is 1. The first-order valence-electron chi connectivity index (χ1n) is 10.4. The fourth-order valence-corrected chi connectivity index (χ4v) is 6.56. The lowest BCUT2D eigenvalue weighted by molar-refractivity contribution is -0.0429. The summed E-state index contributed by atoms with van der Waals surface area (Å²) in [4.78, 5) is 0.293. The smallest absolute Gasteiger partial charge is 0.246 e. The van der Waals surface area contributed by atoms with Crippen molar-refractivity contribution in [1.82, 2.24) is 4.31 Å². The summed E-state index contributed by atoms with van der Waals surface area (Å²) in [7, 11) is -3.73. The van der Waals surface area contributed by atoms with Crippen molar-refractivity contribution in [2.45, 2.75) is 30.0 Å². The predicted molar refractivity (Wildman–Crippen MR) is 120 cm³/mol. The van der Waals surface area contributed by atoms with E-state index in [2.05, 4.69) is 24.3 Å². The Hall–Kier alpha value is -3.15. The van der Waals surface area contributed by atoms with Gasteiger partial charge < -0.3 is 4.74 Å². The number of rotatable bonds is 3. The monoisotopic (exact) mass is 427 g/mol. The molecule has 0 amide bonds. The SMILES string of the molecule is Cc1ccc(S(=O)(=O)N2[C@H](c3ccc4ccccc4c3)[C@@H]3c4ccccc4O[C@@H]32)cc1. The van der Waals surface area contributed by atoms with Crippen molar-refractivity contribution in [3.05, 3.63) is 108 Å². The number of benzene rings is 4. The lowest BCUT2D eigenvalue weighted by Gasteiger charge is -2.49. The largest absolute Gasteiger partial charge is 0.473 e. The highest BCUT2D eigenvalue weighted by Gasteiger charge is 2.61. The molecule has 1 saturated heterocycles. The number of nitrogens with zero attached hydrogens (tertiary/aromatic N) is 1. The Morgan fingerprint density at radius 1 is 0.806 bits per heavy atom. The Bertz CT molecular complexity index is 1410. The maximum absolute atomic E-state index is 13.7. The molecule has 0 bridgehead atoms. The Morgan fingerprint density at radius 2 is 1.52 bits per heavy atom. The molecule has 4 nitrogen and oxygen atoms in total. The second-order valence-electron chi connectivity index (χ2n) is 8.27. The van der Waals surface area contributed by atoms with Crippen LogP contribution in [0, 0.1) is 6.92 Å². The van der Waals surface area contributed by atoms with Crippen LogP contribution in [-0.2, 0) is 10.0 Å². The molecule has 4 aromatic carbocycles. The van der Waals surface area contributed by atoms with Gasteiger partial charge in [-0.3, -0.25) is 0 Å². The molecule has 6 rings (SSSR count). The van der Waals surface area contributed by atoms with Crippen molar-refractivity contribution in [2.75, 3.05) is 0 Å². The third kappa shape index (κ3) is 2.74. The van der Waals surface area contributed by atoms with Crippen LogP contribution in [0.15, 0.2) is 95.9 Å². The van der Waals surface area contributed by atoms with E-state index in [0.29, 0.717) is 4.90 Å². The molecule has 0 N–H and O–H groups in total. The van der Waals surface area contributed by atoms with Crippen LogP contribution in [0.25, 0.3) is 10.8 Å². The third-order valence-corrected chi connectivity index (χ3v) is 8.27. The van der Waals surface area contributed by atoms with Crippen LogP contribution in [0.1, 0.15) is 28.7 Å². The fraction of sp³-hybridized carbons (Fsp3) is 0.154. The van der Waals surface area contributed by atoms with E-state index in [9.17, 15) is 8.42 Å². The summed E-state index contributed by atoms with van der Waals surface area (Å²) in [5.74, 6) is 0.738. The maximum Gasteiger partial charge on any atom is 0.246 e. The Labute approximate surface area is 181 Å². The van der Waals surface area contributed by atoms with Gasteiger partial charge in [-0.1, -0.05) is 72.3 Å². The Kier molecular flexibility index (Phi) is 4.01. The molecule has 0 aromatic heterocycles. The Balaban J connectivity index is 1.50. The van der Waals surface area contributed by atoms with Crippen molar-refractivity contribution in [2.24, 2.45) is 0 Å². The van der Waals surface area contributed by atoms with E-state index in [0.717, 1.165) is 33.2 Å². The molecule has 2 aliphatic rings. The molecule has 31 heavy (non-hydrogen) atoms. The third-order valence-electron chi connectivity index (χ3n) is 6.41. The zero-order chi connectivity index (χ0) is 21.2. The number of hydrogen-bond donors (Lipinski definition) is 0. The van der Waals surface area contributed by atoms with Crippen LogP contribution in [0.2, 0.25) is 0 Å². The van der Waals surface area contributed by atoms with Crippen LogP contribution in [0.3, 0.4) is 0 Å². The number of ether oxygens (including phenoxy) is 1. The van der Waals surface area contributed by atoms with Gasteiger partial charge in [0.25, 0.3) is 0 Å². The number of aryl methyl sites for hydroxylation is 1. The first kappa shape index (κ1) is 18.6.